The maximum absolute atomic E-state index is 11.6. The molecule has 2 bridgehead atoms. The molecule has 3 aliphatic heterocycles. The summed E-state index contributed by atoms with van der Waals surface area (Å²) in [6.45, 7) is 4.40. The largest absolute Gasteiger partial charge is 0.423 e. The fourth-order valence-electron chi connectivity index (χ4n) is 4.04. The third kappa shape index (κ3) is 3.08. The molecule has 2 atom stereocenters. The van der Waals surface area contributed by atoms with Crippen molar-refractivity contribution in [1.82, 2.24) is 15.3 Å². The molecular weight excluding hydrogens is 362 g/mol. The number of carbonyl (C=O) groups is 1. The van der Waals surface area contributed by atoms with E-state index in [1.165, 1.54) is 19.8 Å². The number of anilines is 2. The van der Waals surface area contributed by atoms with Crippen LogP contribution >= 0.6 is 11.3 Å². The summed E-state index contributed by atoms with van der Waals surface area (Å²) in [6, 6.07) is 4.92. The first-order valence-corrected chi connectivity index (χ1v) is 10.1. The fraction of sp³-hybridized carbons (Fsp3) is 0.421. The topological polar surface area (TPSA) is 83.3 Å². The summed E-state index contributed by atoms with van der Waals surface area (Å²) in [7, 11) is 0. The molecule has 3 aromatic rings. The molecule has 6 rings (SSSR count). The smallest absolute Gasteiger partial charge is 0.298 e. The molecule has 0 spiro atoms. The molecule has 1 amide bonds. The van der Waals surface area contributed by atoms with E-state index in [1.807, 2.05) is 17.5 Å². The molecule has 3 aliphatic rings. The van der Waals surface area contributed by atoms with Gasteiger partial charge < -0.3 is 20.0 Å². The van der Waals surface area contributed by atoms with Crippen molar-refractivity contribution in [3.63, 3.8) is 0 Å². The van der Waals surface area contributed by atoms with E-state index in [1.54, 1.807) is 17.5 Å². The van der Waals surface area contributed by atoms with Crippen LogP contribution in [0.25, 0.3) is 21.7 Å². The fourth-order valence-corrected chi connectivity index (χ4v) is 4.70. The summed E-state index contributed by atoms with van der Waals surface area (Å²) in [5.41, 5.74) is 2.93. The Morgan fingerprint density at radius 2 is 2.30 bits per heavy atom. The van der Waals surface area contributed by atoms with Crippen molar-refractivity contribution in [3.05, 3.63) is 23.7 Å². The number of piperidine rings is 1. The molecule has 3 saturated heterocycles. The first-order valence-electron chi connectivity index (χ1n) is 9.26. The molecule has 140 valence electrons. The highest BCUT2D eigenvalue weighted by atomic mass is 32.1. The van der Waals surface area contributed by atoms with Crippen LogP contribution in [0.1, 0.15) is 19.8 Å². The Kier molecular flexibility index (Phi) is 4.09. The van der Waals surface area contributed by atoms with E-state index in [-0.39, 0.29) is 5.91 Å². The lowest BCUT2D eigenvalue weighted by Gasteiger charge is -2.22. The molecule has 8 heteroatoms. The number of aromatic nitrogens is 2. The Hall–Kier alpha value is -2.45. The number of hydrogen-bond donors (Lipinski definition) is 2. The van der Waals surface area contributed by atoms with Gasteiger partial charge in [-0.3, -0.25) is 4.79 Å². The van der Waals surface area contributed by atoms with Crippen LogP contribution in [0.4, 0.5) is 11.7 Å². The maximum atomic E-state index is 11.6. The second kappa shape index (κ2) is 6.61. The second-order valence-electron chi connectivity index (χ2n) is 7.31. The van der Waals surface area contributed by atoms with Gasteiger partial charge in [-0.2, -0.15) is 4.98 Å². The molecule has 2 aromatic heterocycles. The molecule has 0 saturated carbocycles. The van der Waals surface area contributed by atoms with Gasteiger partial charge in [0.2, 0.25) is 5.91 Å². The SMILES string of the molecule is CC(=O)Nc1ccc(-c2nccs2)c2oc(N3CC4CCC(C3)NC4)nc12. The van der Waals surface area contributed by atoms with Gasteiger partial charge in [0, 0.05) is 37.6 Å². The van der Waals surface area contributed by atoms with Gasteiger partial charge >= 0.3 is 0 Å². The number of thiazole rings is 1. The minimum atomic E-state index is -0.125. The number of nitrogens with zero attached hydrogens (tertiary/aromatic N) is 3. The first kappa shape index (κ1) is 16.7. The van der Waals surface area contributed by atoms with Crippen LogP contribution in [-0.2, 0) is 4.79 Å². The predicted octanol–water partition coefficient (Wildman–Crippen LogP) is 3.10. The summed E-state index contributed by atoms with van der Waals surface area (Å²) >= 11 is 1.56. The first-order chi connectivity index (χ1) is 13.2. The quantitative estimate of drug-likeness (QED) is 0.723. The van der Waals surface area contributed by atoms with Crippen LogP contribution in [0.3, 0.4) is 0 Å². The summed E-state index contributed by atoms with van der Waals surface area (Å²) in [4.78, 5) is 23.1. The monoisotopic (exact) mass is 383 g/mol. The van der Waals surface area contributed by atoms with E-state index in [9.17, 15) is 4.79 Å². The highest BCUT2D eigenvalue weighted by Gasteiger charge is 2.31. The Bertz CT molecular complexity index is 962. The Morgan fingerprint density at radius 3 is 3.04 bits per heavy atom. The molecule has 3 fully saturated rings. The zero-order valence-electron chi connectivity index (χ0n) is 15.1. The minimum absolute atomic E-state index is 0.125. The molecule has 2 unspecified atom stereocenters. The average Bonchev–Trinajstić information content (AvgIpc) is 3.25. The van der Waals surface area contributed by atoms with Crippen LogP contribution in [0.15, 0.2) is 28.1 Å². The highest BCUT2D eigenvalue weighted by molar-refractivity contribution is 7.13. The van der Waals surface area contributed by atoms with Gasteiger partial charge in [-0.25, -0.2) is 4.98 Å². The lowest BCUT2D eigenvalue weighted by molar-refractivity contribution is -0.114. The van der Waals surface area contributed by atoms with Gasteiger partial charge in [-0.1, -0.05) is 0 Å². The van der Waals surface area contributed by atoms with E-state index in [0.29, 0.717) is 34.8 Å². The lowest BCUT2D eigenvalue weighted by atomic mass is 9.97. The van der Waals surface area contributed by atoms with Crippen LogP contribution < -0.4 is 15.5 Å². The van der Waals surface area contributed by atoms with Crippen molar-refractivity contribution in [3.8, 4) is 10.6 Å². The molecule has 27 heavy (non-hydrogen) atoms. The summed E-state index contributed by atoms with van der Waals surface area (Å²) in [5, 5.41) is 9.31. The lowest BCUT2D eigenvalue weighted by Crippen LogP contribution is -2.39. The van der Waals surface area contributed by atoms with Crippen LogP contribution in [0, 0.1) is 5.92 Å². The molecule has 1 aromatic carbocycles. The van der Waals surface area contributed by atoms with Gasteiger partial charge in [0.05, 0.1) is 11.3 Å². The van der Waals surface area contributed by atoms with Crippen molar-refractivity contribution >= 4 is 40.0 Å². The maximum Gasteiger partial charge on any atom is 0.298 e. The predicted molar refractivity (Wildman–Crippen MR) is 106 cm³/mol. The minimum Gasteiger partial charge on any atom is -0.423 e. The third-order valence-corrected chi connectivity index (χ3v) is 6.12. The number of carbonyl (C=O) groups excluding carboxylic acids is 1. The normalized spacial score (nSPS) is 22.2. The number of oxazole rings is 1. The number of fused-ring (bicyclic) bond motifs is 5. The highest BCUT2D eigenvalue weighted by Crippen LogP contribution is 2.37. The Labute approximate surface area is 160 Å². The van der Waals surface area contributed by atoms with Gasteiger partial charge in [0.25, 0.3) is 6.01 Å². The molecule has 7 nitrogen and oxygen atoms in total. The number of hydrogen-bond acceptors (Lipinski definition) is 7. The zero-order valence-corrected chi connectivity index (χ0v) is 15.9. The van der Waals surface area contributed by atoms with Gasteiger partial charge in [0.1, 0.15) is 10.5 Å². The van der Waals surface area contributed by atoms with Gasteiger partial charge in [-0.15, -0.1) is 11.3 Å². The van der Waals surface area contributed by atoms with Crippen LogP contribution in [0.2, 0.25) is 0 Å². The number of nitrogens with one attached hydrogen (secondary N) is 2. The second-order valence-corrected chi connectivity index (χ2v) is 8.20. The van der Waals surface area contributed by atoms with Gasteiger partial charge in [-0.05, 0) is 37.4 Å². The van der Waals surface area contributed by atoms with Crippen LogP contribution in [0.5, 0.6) is 0 Å². The van der Waals surface area contributed by atoms with E-state index >= 15 is 0 Å². The average molecular weight is 383 g/mol. The number of amides is 1. The van der Waals surface area contributed by atoms with Crippen LogP contribution in [-0.4, -0.2) is 41.6 Å². The number of rotatable bonds is 3. The van der Waals surface area contributed by atoms with Gasteiger partial charge in [0.15, 0.2) is 5.58 Å². The zero-order chi connectivity index (χ0) is 18.4. The molecule has 5 heterocycles. The molecule has 2 N–H and O–H groups in total. The van der Waals surface area contributed by atoms with Crippen molar-refractivity contribution < 1.29 is 9.21 Å². The Balaban J connectivity index is 1.61. The molecule has 0 aliphatic carbocycles. The van der Waals surface area contributed by atoms with E-state index in [0.717, 1.165) is 30.2 Å². The van der Waals surface area contributed by atoms with Crippen molar-refractivity contribution in [2.45, 2.75) is 25.8 Å². The molecular formula is C19H21N5O2S. The van der Waals surface area contributed by atoms with Crippen molar-refractivity contribution in [2.24, 2.45) is 5.92 Å². The van der Waals surface area contributed by atoms with Crippen molar-refractivity contribution in [1.29, 1.82) is 0 Å². The van der Waals surface area contributed by atoms with E-state index < -0.39 is 0 Å². The summed E-state index contributed by atoms with van der Waals surface area (Å²) < 4.78 is 6.27. The third-order valence-electron chi connectivity index (χ3n) is 5.31. The standard InChI is InChI=1S/C19H21N5O2S/c1-11(25)22-15-5-4-14(18-20-6-7-27-18)17-16(15)23-19(26-17)24-9-12-2-3-13(10-24)21-8-12/h4-7,12-13,21H,2-3,8-10H2,1H3,(H,22,25). The van der Waals surface area contributed by atoms with Crippen molar-refractivity contribution in [2.75, 3.05) is 29.9 Å². The van der Waals surface area contributed by atoms with E-state index in [4.69, 9.17) is 9.40 Å². The van der Waals surface area contributed by atoms with E-state index in [2.05, 4.69) is 20.5 Å². The summed E-state index contributed by atoms with van der Waals surface area (Å²) in [5.74, 6) is 0.492. The summed E-state index contributed by atoms with van der Waals surface area (Å²) in [6.07, 6.45) is 4.22. The Morgan fingerprint density at radius 1 is 1.37 bits per heavy atom. The number of benzene rings is 1. The molecule has 0 radical (unpaired) electrons.